The molecule has 0 aromatic carbocycles. The lowest BCUT2D eigenvalue weighted by molar-refractivity contribution is -0.144. The first kappa shape index (κ1) is 9.82. The number of hydrogen-bond acceptors (Lipinski definition) is 2. The summed E-state index contributed by atoms with van der Waals surface area (Å²) in [5, 5.41) is 0. The van der Waals surface area contributed by atoms with E-state index in [9.17, 15) is 4.79 Å². The van der Waals surface area contributed by atoms with Crippen LogP contribution in [-0.2, 0) is 9.53 Å². The molecule has 56 valence electrons. The van der Waals surface area contributed by atoms with Crippen LogP contribution in [0.1, 0.15) is 20.3 Å². The molecule has 0 aliphatic carbocycles. The third-order valence-corrected chi connectivity index (χ3v) is 1.73. The lowest BCUT2D eigenvalue weighted by Gasteiger charge is -2.16. The Morgan fingerprint density at radius 1 is 1.80 bits per heavy atom. The Labute approximate surface area is 67.3 Å². The van der Waals surface area contributed by atoms with Crippen molar-refractivity contribution in [3.05, 3.63) is 0 Å². The predicted molar refractivity (Wildman–Crippen MR) is 41.3 cm³/mol. The number of carbonyl (C=O) groups excluding carboxylic acids is 1. The van der Waals surface area contributed by atoms with Gasteiger partial charge in [0.25, 0.3) is 0 Å². The van der Waals surface area contributed by atoms with Crippen LogP contribution in [0.15, 0.2) is 0 Å². The Morgan fingerprint density at radius 3 is 2.60 bits per heavy atom. The molecule has 4 heteroatoms. The number of hydrogen-bond donors (Lipinski definition) is 0. The van der Waals surface area contributed by atoms with Gasteiger partial charge < -0.3 is 4.74 Å². The Balaban J connectivity index is 3.91. The second-order valence-corrected chi connectivity index (χ2v) is 2.98. The van der Waals surface area contributed by atoms with Crippen molar-refractivity contribution in [1.82, 2.24) is 0 Å². The van der Waals surface area contributed by atoms with Crippen LogP contribution in [0.3, 0.4) is 0 Å². The fraction of sp³-hybridized carbons (Fsp3) is 0.833. The Morgan fingerprint density at radius 2 is 2.30 bits per heavy atom. The van der Waals surface area contributed by atoms with E-state index in [0.29, 0.717) is 6.42 Å². The predicted octanol–water partition coefficient (Wildman–Crippen LogP) is 1.06. The van der Waals surface area contributed by atoms with Crippen LogP contribution < -0.4 is 0 Å². The molecule has 0 aromatic rings. The van der Waals surface area contributed by atoms with E-state index in [1.807, 2.05) is 6.92 Å². The number of esters is 1. The molecule has 0 amide bonds. The third-order valence-electron chi connectivity index (χ3n) is 1.30. The maximum Gasteiger partial charge on any atom is 0.326 e. The van der Waals surface area contributed by atoms with E-state index in [1.165, 1.54) is 0 Å². The normalized spacial score (nSPS) is 15.9. The smallest absolute Gasteiger partial charge is 0.326 e. The minimum atomic E-state index is -0.917. The molecule has 0 bridgehead atoms. The summed E-state index contributed by atoms with van der Waals surface area (Å²) < 4.78 is 4.50. The fourth-order valence-corrected chi connectivity index (χ4v) is 0.425. The molecule has 0 spiro atoms. The summed E-state index contributed by atoms with van der Waals surface area (Å²) in [5.41, 5.74) is 0. The van der Waals surface area contributed by atoms with Crippen LogP contribution in [0.25, 0.3) is 0 Å². The highest BCUT2D eigenvalue weighted by molar-refractivity contribution is 6.33. The molecule has 0 saturated carbocycles. The van der Waals surface area contributed by atoms with Crippen molar-refractivity contribution in [2.24, 2.45) is 0 Å². The van der Waals surface area contributed by atoms with Crippen LogP contribution in [-0.4, -0.2) is 25.2 Å². The van der Waals surface area contributed by atoms with Gasteiger partial charge in [0.15, 0.2) is 0 Å². The lowest BCUT2D eigenvalue weighted by atomic mass is 10.1. The molecular weight excluding hydrogens is 150 g/mol. The topological polar surface area (TPSA) is 26.3 Å². The number of rotatable bonds is 3. The fourth-order valence-electron chi connectivity index (χ4n) is 0.371. The van der Waals surface area contributed by atoms with Crippen LogP contribution in [0.2, 0.25) is 0 Å². The van der Waals surface area contributed by atoms with E-state index in [-0.39, 0.29) is 6.51 Å². The van der Waals surface area contributed by atoms with Crippen molar-refractivity contribution in [2.45, 2.75) is 25.1 Å². The van der Waals surface area contributed by atoms with Crippen LogP contribution >= 0.6 is 11.6 Å². The van der Waals surface area contributed by atoms with E-state index < -0.39 is 10.8 Å². The summed E-state index contributed by atoms with van der Waals surface area (Å²) in [6.45, 7) is 3.30. The summed E-state index contributed by atoms with van der Waals surface area (Å²) in [6, 6.07) is 0. The zero-order valence-corrected chi connectivity index (χ0v) is 6.94. The van der Waals surface area contributed by atoms with Gasteiger partial charge in [-0.1, -0.05) is 6.92 Å². The standard InChI is InChI=1S/C6H10BClO2/c1-3-6(2,8)5(9)10-4-7/h3-4H2,1-2H3. The first-order valence-electron chi connectivity index (χ1n) is 3.10. The van der Waals surface area contributed by atoms with Gasteiger partial charge in [0.05, 0.1) is 0 Å². The Kier molecular flexibility index (Phi) is 3.80. The van der Waals surface area contributed by atoms with Crippen molar-refractivity contribution < 1.29 is 9.53 Å². The second kappa shape index (κ2) is 3.86. The maximum atomic E-state index is 10.9. The average molecular weight is 160 g/mol. The summed E-state index contributed by atoms with van der Waals surface area (Å²) in [7, 11) is 4.98. The molecule has 0 fully saturated rings. The Bertz CT molecular complexity index is 125. The maximum absolute atomic E-state index is 10.9. The lowest BCUT2D eigenvalue weighted by Crippen LogP contribution is -2.30. The zero-order valence-electron chi connectivity index (χ0n) is 6.19. The van der Waals surface area contributed by atoms with Crippen LogP contribution in [0, 0.1) is 0 Å². The summed E-state index contributed by atoms with van der Waals surface area (Å²) in [6.07, 6.45) is 0.535. The third kappa shape index (κ3) is 2.61. The van der Waals surface area contributed by atoms with E-state index in [0.717, 1.165) is 0 Å². The minimum absolute atomic E-state index is 0.110. The van der Waals surface area contributed by atoms with E-state index >= 15 is 0 Å². The van der Waals surface area contributed by atoms with Gasteiger partial charge in [-0.25, -0.2) is 0 Å². The quantitative estimate of drug-likeness (QED) is 0.351. The highest BCUT2D eigenvalue weighted by Crippen LogP contribution is 2.19. The summed E-state index contributed by atoms with van der Waals surface area (Å²) >= 11 is 5.72. The summed E-state index contributed by atoms with van der Waals surface area (Å²) in [4.78, 5) is 9.94. The van der Waals surface area contributed by atoms with Crippen molar-refractivity contribution >= 4 is 25.4 Å². The molecule has 1 unspecified atom stereocenters. The molecule has 2 nitrogen and oxygen atoms in total. The van der Waals surface area contributed by atoms with Gasteiger partial charge in [0, 0.05) is 6.51 Å². The minimum Gasteiger partial charge on any atom is -0.475 e. The molecule has 1 atom stereocenters. The van der Waals surface area contributed by atoms with Gasteiger partial charge in [-0.3, -0.25) is 4.79 Å². The van der Waals surface area contributed by atoms with Crippen molar-refractivity contribution in [3.63, 3.8) is 0 Å². The van der Waals surface area contributed by atoms with E-state index in [2.05, 4.69) is 4.74 Å². The molecule has 0 heterocycles. The number of ether oxygens (including phenoxy) is 1. The second-order valence-electron chi connectivity index (χ2n) is 2.15. The van der Waals surface area contributed by atoms with Gasteiger partial charge >= 0.3 is 5.97 Å². The number of carbonyl (C=O) groups is 1. The van der Waals surface area contributed by atoms with Crippen LogP contribution in [0.4, 0.5) is 0 Å². The van der Waals surface area contributed by atoms with Gasteiger partial charge in [0.2, 0.25) is 0 Å². The van der Waals surface area contributed by atoms with E-state index in [4.69, 9.17) is 19.4 Å². The van der Waals surface area contributed by atoms with Gasteiger partial charge in [0.1, 0.15) is 12.7 Å². The molecule has 0 aliphatic heterocycles. The zero-order chi connectivity index (χ0) is 8.20. The van der Waals surface area contributed by atoms with E-state index in [1.54, 1.807) is 6.92 Å². The molecule has 0 rings (SSSR count). The molecule has 10 heavy (non-hydrogen) atoms. The van der Waals surface area contributed by atoms with Crippen LogP contribution in [0.5, 0.6) is 0 Å². The SMILES string of the molecule is [B]COC(=O)C(C)(Cl)CC. The summed E-state index contributed by atoms with van der Waals surface area (Å²) in [5.74, 6) is -0.459. The molecule has 0 N–H and O–H groups in total. The highest BCUT2D eigenvalue weighted by atomic mass is 35.5. The highest BCUT2D eigenvalue weighted by Gasteiger charge is 2.29. The van der Waals surface area contributed by atoms with Gasteiger partial charge in [-0.2, -0.15) is 0 Å². The average Bonchev–Trinajstić information content (AvgIpc) is 1.89. The monoisotopic (exact) mass is 160 g/mol. The first-order chi connectivity index (χ1) is 4.54. The molecule has 0 saturated heterocycles. The van der Waals surface area contributed by atoms with Crippen molar-refractivity contribution in [1.29, 1.82) is 0 Å². The number of halogens is 1. The first-order valence-corrected chi connectivity index (χ1v) is 3.48. The van der Waals surface area contributed by atoms with Gasteiger partial charge in [-0.05, 0) is 13.3 Å². The molecule has 0 aliphatic rings. The molecular formula is C6H10BClO2. The van der Waals surface area contributed by atoms with Gasteiger partial charge in [-0.15, -0.1) is 11.6 Å². The Hall–Kier alpha value is -0.175. The largest absolute Gasteiger partial charge is 0.475 e. The van der Waals surface area contributed by atoms with Crippen molar-refractivity contribution in [3.8, 4) is 0 Å². The number of alkyl halides is 1. The molecule has 0 aromatic heterocycles. The molecule has 2 radical (unpaired) electrons. The van der Waals surface area contributed by atoms with Crippen molar-refractivity contribution in [2.75, 3.05) is 6.51 Å².